The van der Waals surface area contributed by atoms with Crippen molar-refractivity contribution in [2.45, 2.75) is 38.4 Å². The molecule has 1 aromatic rings. The summed E-state index contributed by atoms with van der Waals surface area (Å²) in [5.74, 6) is -1.15. The molecule has 0 aliphatic carbocycles. The van der Waals surface area contributed by atoms with Gasteiger partial charge in [-0.15, -0.1) is 0 Å². The smallest absolute Gasteiger partial charge is 0.126 e. The van der Waals surface area contributed by atoms with Gasteiger partial charge in [-0.05, 0) is 37.0 Å². The molecule has 1 fully saturated rings. The summed E-state index contributed by atoms with van der Waals surface area (Å²) in [4.78, 5) is 0. The standard InChI is InChI=1S/C14H18F2O2/c1-2-14-12(3-4-18-14)13(17)7-9-5-10(15)8-11(16)6-9/h5-6,8,12-14,17H,2-4,7H2,1H3. The minimum atomic E-state index is -0.612. The zero-order valence-electron chi connectivity index (χ0n) is 10.4. The Balaban J connectivity index is 2.04. The van der Waals surface area contributed by atoms with Crippen LogP contribution in [0.15, 0.2) is 18.2 Å². The minimum absolute atomic E-state index is 0.0541. The van der Waals surface area contributed by atoms with Crippen molar-refractivity contribution in [3.8, 4) is 0 Å². The molecule has 2 rings (SSSR count). The fourth-order valence-electron chi connectivity index (χ4n) is 2.65. The van der Waals surface area contributed by atoms with E-state index in [1.807, 2.05) is 6.92 Å². The molecule has 1 saturated heterocycles. The number of aliphatic hydroxyl groups excluding tert-OH is 1. The SMILES string of the molecule is CCC1OCCC1C(O)Cc1cc(F)cc(F)c1. The topological polar surface area (TPSA) is 29.5 Å². The molecule has 1 heterocycles. The quantitative estimate of drug-likeness (QED) is 0.897. The van der Waals surface area contributed by atoms with Crippen molar-refractivity contribution in [2.24, 2.45) is 5.92 Å². The van der Waals surface area contributed by atoms with Crippen molar-refractivity contribution >= 4 is 0 Å². The molecule has 2 nitrogen and oxygen atoms in total. The molecule has 1 aromatic carbocycles. The molecule has 3 atom stereocenters. The van der Waals surface area contributed by atoms with E-state index in [0.717, 1.165) is 18.9 Å². The Hall–Kier alpha value is -1.00. The first-order valence-corrected chi connectivity index (χ1v) is 6.34. The van der Waals surface area contributed by atoms with Crippen LogP contribution in [-0.2, 0) is 11.2 Å². The lowest BCUT2D eigenvalue weighted by molar-refractivity contribution is 0.0317. The normalized spacial score (nSPS) is 25.3. The molecule has 0 radical (unpaired) electrons. The summed E-state index contributed by atoms with van der Waals surface area (Å²) in [6, 6.07) is 3.37. The number of halogens is 2. The Bertz CT molecular complexity index is 389. The van der Waals surface area contributed by atoms with Crippen LogP contribution in [0.25, 0.3) is 0 Å². The third kappa shape index (κ3) is 3.06. The molecule has 100 valence electrons. The maximum Gasteiger partial charge on any atom is 0.126 e. The average Bonchev–Trinajstić information content (AvgIpc) is 2.75. The van der Waals surface area contributed by atoms with Crippen LogP contribution in [0.5, 0.6) is 0 Å². The highest BCUT2D eigenvalue weighted by atomic mass is 19.1. The van der Waals surface area contributed by atoms with E-state index in [9.17, 15) is 13.9 Å². The van der Waals surface area contributed by atoms with Crippen molar-refractivity contribution in [1.29, 1.82) is 0 Å². The number of ether oxygens (including phenoxy) is 1. The molecule has 0 bridgehead atoms. The maximum absolute atomic E-state index is 13.1. The van der Waals surface area contributed by atoms with E-state index < -0.39 is 17.7 Å². The molecule has 0 spiro atoms. The molecule has 1 N–H and O–H groups in total. The highest BCUT2D eigenvalue weighted by Gasteiger charge is 2.32. The van der Waals surface area contributed by atoms with Crippen LogP contribution in [0, 0.1) is 17.6 Å². The first-order valence-electron chi connectivity index (χ1n) is 6.34. The van der Waals surface area contributed by atoms with E-state index >= 15 is 0 Å². The van der Waals surface area contributed by atoms with Crippen molar-refractivity contribution in [3.63, 3.8) is 0 Å². The molecule has 0 amide bonds. The van der Waals surface area contributed by atoms with Gasteiger partial charge in [-0.3, -0.25) is 0 Å². The van der Waals surface area contributed by atoms with E-state index in [1.54, 1.807) is 0 Å². The van der Waals surface area contributed by atoms with E-state index in [0.29, 0.717) is 12.2 Å². The summed E-state index contributed by atoms with van der Waals surface area (Å²) < 4.78 is 31.6. The molecular weight excluding hydrogens is 238 g/mol. The summed E-state index contributed by atoms with van der Waals surface area (Å²) >= 11 is 0. The van der Waals surface area contributed by atoms with Gasteiger partial charge in [-0.2, -0.15) is 0 Å². The third-order valence-corrected chi connectivity index (χ3v) is 3.52. The Labute approximate surface area is 106 Å². The van der Waals surface area contributed by atoms with Gasteiger partial charge in [0.05, 0.1) is 12.2 Å². The number of hydrogen-bond acceptors (Lipinski definition) is 2. The maximum atomic E-state index is 13.1. The second kappa shape index (κ2) is 5.76. The lowest BCUT2D eigenvalue weighted by atomic mass is 9.89. The highest BCUT2D eigenvalue weighted by Crippen LogP contribution is 2.28. The van der Waals surface area contributed by atoms with Gasteiger partial charge in [-0.25, -0.2) is 8.78 Å². The molecule has 0 aromatic heterocycles. The van der Waals surface area contributed by atoms with Crippen LogP contribution in [-0.4, -0.2) is 23.9 Å². The van der Waals surface area contributed by atoms with Gasteiger partial charge < -0.3 is 9.84 Å². The lowest BCUT2D eigenvalue weighted by Gasteiger charge is -2.22. The fraction of sp³-hybridized carbons (Fsp3) is 0.571. The zero-order valence-corrected chi connectivity index (χ0v) is 10.4. The van der Waals surface area contributed by atoms with Crippen LogP contribution in [0.1, 0.15) is 25.3 Å². The van der Waals surface area contributed by atoms with E-state index in [4.69, 9.17) is 4.74 Å². The fourth-order valence-corrected chi connectivity index (χ4v) is 2.65. The number of hydrogen-bond donors (Lipinski definition) is 1. The average molecular weight is 256 g/mol. The van der Waals surface area contributed by atoms with Crippen LogP contribution in [0.2, 0.25) is 0 Å². The first-order chi connectivity index (χ1) is 8.60. The first kappa shape index (κ1) is 13.4. The monoisotopic (exact) mass is 256 g/mol. The summed E-state index contributed by atoms with van der Waals surface area (Å²) in [7, 11) is 0. The predicted octanol–water partition coefficient (Wildman–Crippen LogP) is 2.68. The van der Waals surface area contributed by atoms with Gasteiger partial charge in [0.2, 0.25) is 0 Å². The summed E-state index contributed by atoms with van der Waals surface area (Å²) in [6.45, 7) is 2.66. The molecule has 0 saturated carbocycles. The highest BCUT2D eigenvalue weighted by molar-refractivity contribution is 5.19. The Kier molecular flexibility index (Phi) is 4.30. The zero-order chi connectivity index (χ0) is 13.1. The molecule has 1 aliphatic rings. The Morgan fingerprint density at radius 1 is 1.33 bits per heavy atom. The van der Waals surface area contributed by atoms with Crippen molar-refractivity contribution in [3.05, 3.63) is 35.4 Å². The number of benzene rings is 1. The molecule has 18 heavy (non-hydrogen) atoms. The molecular formula is C14H18F2O2. The van der Waals surface area contributed by atoms with E-state index in [-0.39, 0.29) is 18.4 Å². The Morgan fingerprint density at radius 3 is 2.61 bits per heavy atom. The minimum Gasteiger partial charge on any atom is -0.392 e. The van der Waals surface area contributed by atoms with Gasteiger partial charge >= 0.3 is 0 Å². The second-order valence-electron chi connectivity index (χ2n) is 4.82. The number of rotatable bonds is 4. The van der Waals surface area contributed by atoms with E-state index in [2.05, 4.69) is 0 Å². The lowest BCUT2D eigenvalue weighted by Crippen LogP contribution is -2.29. The van der Waals surface area contributed by atoms with Crippen molar-refractivity contribution < 1.29 is 18.6 Å². The summed E-state index contributed by atoms with van der Waals surface area (Å²) in [5.41, 5.74) is 0.488. The third-order valence-electron chi connectivity index (χ3n) is 3.52. The van der Waals surface area contributed by atoms with Crippen LogP contribution >= 0.6 is 0 Å². The summed E-state index contributed by atoms with van der Waals surface area (Å²) in [5, 5.41) is 10.2. The van der Waals surface area contributed by atoms with Crippen LogP contribution in [0.3, 0.4) is 0 Å². The van der Waals surface area contributed by atoms with Gasteiger partial charge in [0, 0.05) is 18.6 Å². The predicted molar refractivity (Wildman–Crippen MR) is 64.2 cm³/mol. The van der Waals surface area contributed by atoms with Gasteiger partial charge in [0.15, 0.2) is 0 Å². The van der Waals surface area contributed by atoms with E-state index in [1.165, 1.54) is 12.1 Å². The molecule has 1 aliphatic heterocycles. The summed E-state index contributed by atoms with van der Waals surface area (Å²) in [6.07, 6.45) is 1.35. The number of aliphatic hydroxyl groups is 1. The van der Waals surface area contributed by atoms with Crippen LogP contribution < -0.4 is 0 Å². The molecule has 3 unspecified atom stereocenters. The molecule has 4 heteroatoms. The van der Waals surface area contributed by atoms with Crippen molar-refractivity contribution in [1.82, 2.24) is 0 Å². The second-order valence-corrected chi connectivity index (χ2v) is 4.82. The van der Waals surface area contributed by atoms with Gasteiger partial charge in [0.25, 0.3) is 0 Å². The van der Waals surface area contributed by atoms with Gasteiger partial charge in [-0.1, -0.05) is 6.92 Å². The Morgan fingerprint density at radius 2 is 2.00 bits per heavy atom. The van der Waals surface area contributed by atoms with Crippen LogP contribution in [0.4, 0.5) is 8.78 Å². The largest absolute Gasteiger partial charge is 0.392 e. The van der Waals surface area contributed by atoms with Crippen molar-refractivity contribution in [2.75, 3.05) is 6.61 Å². The van der Waals surface area contributed by atoms with Gasteiger partial charge in [0.1, 0.15) is 11.6 Å².